The molecule has 0 saturated heterocycles. The van der Waals surface area contributed by atoms with Gasteiger partial charge in [0.2, 0.25) is 0 Å². The fourth-order valence-corrected chi connectivity index (χ4v) is 2.19. The van der Waals surface area contributed by atoms with Gasteiger partial charge in [0.15, 0.2) is 5.69 Å². The van der Waals surface area contributed by atoms with E-state index in [2.05, 4.69) is 20.9 Å². The third-order valence-corrected chi connectivity index (χ3v) is 3.23. The average Bonchev–Trinajstić information content (AvgIpc) is 2.71. The lowest BCUT2D eigenvalue weighted by Gasteiger charge is -2.15. The number of aromatic nitrogens is 2. The number of nitrogens with zero attached hydrogens (tertiary/aromatic N) is 2. The standard InChI is InChI=1S/C12H11BrN2O2/c1-8(9-5-3-2-4-6-9)15-7-14-11(13)10(15)12(16)17/h2-8H,1H3,(H,16,17). The van der Waals surface area contributed by atoms with Gasteiger partial charge >= 0.3 is 5.97 Å². The van der Waals surface area contributed by atoms with Gasteiger partial charge in [-0.3, -0.25) is 0 Å². The highest BCUT2D eigenvalue weighted by Crippen LogP contribution is 2.23. The number of imidazole rings is 1. The molecule has 0 fully saturated rings. The van der Waals surface area contributed by atoms with Crippen molar-refractivity contribution in [3.63, 3.8) is 0 Å². The summed E-state index contributed by atoms with van der Waals surface area (Å²) >= 11 is 3.15. The van der Waals surface area contributed by atoms with E-state index >= 15 is 0 Å². The molecule has 2 rings (SSSR count). The second-order valence-corrected chi connectivity index (χ2v) is 4.43. The number of hydrogen-bond donors (Lipinski definition) is 1. The minimum Gasteiger partial charge on any atom is -0.476 e. The van der Waals surface area contributed by atoms with Crippen LogP contribution in [0, 0.1) is 0 Å². The van der Waals surface area contributed by atoms with Gasteiger partial charge in [-0.2, -0.15) is 0 Å². The molecule has 1 N–H and O–H groups in total. The lowest BCUT2D eigenvalue weighted by Crippen LogP contribution is -2.13. The number of aromatic carboxylic acids is 1. The lowest BCUT2D eigenvalue weighted by atomic mass is 10.1. The number of benzene rings is 1. The second-order valence-electron chi connectivity index (χ2n) is 3.68. The van der Waals surface area contributed by atoms with E-state index in [1.165, 1.54) is 6.33 Å². The van der Waals surface area contributed by atoms with Gasteiger partial charge in [0, 0.05) is 0 Å². The number of halogens is 1. The molecule has 1 atom stereocenters. The maximum Gasteiger partial charge on any atom is 0.355 e. The highest BCUT2D eigenvalue weighted by Gasteiger charge is 2.20. The molecule has 2 aromatic rings. The van der Waals surface area contributed by atoms with E-state index in [4.69, 9.17) is 5.11 Å². The first-order chi connectivity index (χ1) is 8.11. The van der Waals surface area contributed by atoms with Crippen molar-refractivity contribution in [2.45, 2.75) is 13.0 Å². The number of carboxylic acids is 1. The third-order valence-electron chi connectivity index (χ3n) is 2.65. The first-order valence-electron chi connectivity index (χ1n) is 5.12. The molecule has 17 heavy (non-hydrogen) atoms. The average molecular weight is 295 g/mol. The summed E-state index contributed by atoms with van der Waals surface area (Å²) in [5.41, 5.74) is 1.21. The van der Waals surface area contributed by atoms with Crippen LogP contribution in [0.3, 0.4) is 0 Å². The number of carboxylic acid groups (broad SMARTS) is 1. The molecule has 1 aromatic heterocycles. The highest BCUT2D eigenvalue weighted by atomic mass is 79.9. The van der Waals surface area contributed by atoms with Crippen LogP contribution < -0.4 is 0 Å². The first kappa shape index (κ1) is 11.9. The number of hydrogen-bond acceptors (Lipinski definition) is 2. The zero-order chi connectivity index (χ0) is 12.4. The van der Waals surface area contributed by atoms with Crippen molar-refractivity contribution < 1.29 is 9.90 Å². The predicted octanol–water partition coefficient (Wildman–Crippen LogP) is 2.95. The molecule has 1 aromatic carbocycles. The van der Waals surface area contributed by atoms with E-state index < -0.39 is 5.97 Å². The zero-order valence-corrected chi connectivity index (χ0v) is 10.8. The summed E-state index contributed by atoms with van der Waals surface area (Å²) in [5, 5.41) is 9.14. The van der Waals surface area contributed by atoms with Gasteiger partial charge in [-0.25, -0.2) is 9.78 Å². The van der Waals surface area contributed by atoms with Crippen molar-refractivity contribution in [3.8, 4) is 0 Å². The lowest BCUT2D eigenvalue weighted by molar-refractivity contribution is 0.0683. The molecule has 0 aliphatic rings. The molecular formula is C12H11BrN2O2. The monoisotopic (exact) mass is 294 g/mol. The van der Waals surface area contributed by atoms with E-state index in [0.717, 1.165) is 5.56 Å². The van der Waals surface area contributed by atoms with Crippen LogP contribution in [-0.2, 0) is 0 Å². The Morgan fingerprint density at radius 3 is 2.65 bits per heavy atom. The van der Waals surface area contributed by atoms with Crippen LogP contribution in [0.1, 0.15) is 29.0 Å². The number of carbonyl (C=O) groups is 1. The number of rotatable bonds is 3. The van der Waals surface area contributed by atoms with Gasteiger partial charge < -0.3 is 9.67 Å². The summed E-state index contributed by atoms with van der Waals surface area (Å²) in [6.45, 7) is 1.94. The molecule has 0 amide bonds. The fourth-order valence-electron chi connectivity index (χ4n) is 1.72. The Bertz CT molecular complexity index is 537. The van der Waals surface area contributed by atoms with E-state index in [0.29, 0.717) is 4.60 Å². The molecule has 1 unspecified atom stereocenters. The summed E-state index contributed by atoms with van der Waals surface area (Å²) in [6.07, 6.45) is 1.53. The van der Waals surface area contributed by atoms with E-state index in [1.807, 2.05) is 37.3 Å². The Morgan fingerprint density at radius 2 is 2.06 bits per heavy atom. The van der Waals surface area contributed by atoms with Crippen molar-refractivity contribution >= 4 is 21.9 Å². The summed E-state index contributed by atoms with van der Waals surface area (Å²) in [7, 11) is 0. The molecule has 0 aliphatic heterocycles. The van der Waals surface area contributed by atoms with Crippen molar-refractivity contribution in [1.82, 2.24) is 9.55 Å². The topological polar surface area (TPSA) is 55.1 Å². The Hall–Kier alpha value is -1.62. The smallest absolute Gasteiger partial charge is 0.355 e. The molecule has 0 aliphatic carbocycles. The molecule has 88 valence electrons. The fraction of sp³-hybridized carbons (Fsp3) is 0.167. The summed E-state index contributed by atoms with van der Waals surface area (Å²) in [6, 6.07) is 9.64. The van der Waals surface area contributed by atoms with Crippen LogP contribution in [0.4, 0.5) is 0 Å². The molecule has 4 nitrogen and oxygen atoms in total. The van der Waals surface area contributed by atoms with Crippen LogP contribution in [0.25, 0.3) is 0 Å². The van der Waals surface area contributed by atoms with Gasteiger partial charge in [0.05, 0.1) is 12.4 Å². The Kier molecular flexibility index (Phi) is 3.28. The molecule has 1 heterocycles. The van der Waals surface area contributed by atoms with Gasteiger partial charge in [0.1, 0.15) is 4.60 Å². The Morgan fingerprint density at radius 1 is 1.41 bits per heavy atom. The first-order valence-corrected chi connectivity index (χ1v) is 5.91. The minimum absolute atomic E-state index is 0.0684. The van der Waals surface area contributed by atoms with Crippen LogP contribution in [-0.4, -0.2) is 20.6 Å². The van der Waals surface area contributed by atoms with Crippen LogP contribution in [0.2, 0.25) is 0 Å². The van der Waals surface area contributed by atoms with Gasteiger partial charge in [-0.15, -0.1) is 0 Å². The Balaban J connectivity index is 2.45. The molecule has 5 heteroatoms. The van der Waals surface area contributed by atoms with E-state index in [9.17, 15) is 4.79 Å². The Labute approximate surface area is 107 Å². The van der Waals surface area contributed by atoms with E-state index in [1.54, 1.807) is 4.57 Å². The molecule has 0 bridgehead atoms. The molecule has 0 saturated carbocycles. The van der Waals surface area contributed by atoms with Crippen LogP contribution in [0.15, 0.2) is 41.3 Å². The molecular weight excluding hydrogens is 284 g/mol. The van der Waals surface area contributed by atoms with Gasteiger partial charge in [-0.05, 0) is 28.4 Å². The maximum atomic E-state index is 11.1. The predicted molar refractivity (Wildman–Crippen MR) is 67.1 cm³/mol. The van der Waals surface area contributed by atoms with Crippen molar-refractivity contribution in [3.05, 3.63) is 52.5 Å². The third kappa shape index (κ3) is 2.24. The quantitative estimate of drug-likeness (QED) is 0.947. The SMILES string of the molecule is CC(c1ccccc1)n1cnc(Br)c1C(=O)O. The summed E-state index contributed by atoms with van der Waals surface area (Å²) in [4.78, 5) is 15.1. The van der Waals surface area contributed by atoms with Crippen molar-refractivity contribution in [2.75, 3.05) is 0 Å². The highest BCUT2D eigenvalue weighted by molar-refractivity contribution is 9.10. The zero-order valence-electron chi connectivity index (χ0n) is 9.17. The van der Waals surface area contributed by atoms with Gasteiger partial charge in [-0.1, -0.05) is 30.3 Å². The second kappa shape index (κ2) is 4.71. The van der Waals surface area contributed by atoms with Gasteiger partial charge in [0.25, 0.3) is 0 Å². The maximum absolute atomic E-state index is 11.1. The largest absolute Gasteiger partial charge is 0.476 e. The minimum atomic E-state index is -0.989. The normalized spacial score (nSPS) is 12.4. The molecule has 0 spiro atoms. The summed E-state index contributed by atoms with van der Waals surface area (Å²) < 4.78 is 2.00. The van der Waals surface area contributed by atoms with Crippen molar-refractivity contribution in [2.24, 2.45) is 0 Å². The van der Waals surface area contributed by atoms with Crippen molar-refractivity contribution in [1.29, 1.82) is 0 Å². The molecule has 0 radical (unpaired) electrons. The van der Waals surface area contributed by atoms with Crippen LogP contribution >= 0.6 is 15.9 Å². The van der Waals surface area contributed by atoms with E-state index in [-0.39, 0.29) is 11.7 Å². The summed E-state index contributed by atoms with van der Waals surface area (Å²) in [5.74, 6) is -0.989. The van der Waals surface area contributed by atoms with Crippen LogP contribution in [0.5, 0.6) is 0 Å².